The van der Waals surface area contributed by atoms with Crippen LogP contribution in [0.4, 0.5) is 22.0 Å². The first-order valence-corrected chi connectivity index (χ1v) is 11.7. The summed E-state index contributed by atoms with van der Waals surface area (Å²) in [6, 6.07) is 6.13. The minimum Gasteiger partial charge on any atom is -0.385 e. The number of rotatable bonds is 4. The third-order valence-electron chi connectivity index (χ3n) is 6.13. The zero-order chi connectivity index (χ0) is 27.9. The Balaban J connectivity index is 2.34. The van der Waals surface area contributed by atoms with Crippen LogP contribution in [0.3, 0.4) is 0 Å². The van der Waals surface area contributed by atoms with Crippen molar-refractivity contribution in [2.24, 2.45) is 5.41 Å². The number of nitriles is 1. The number of hydrogen-bond donors (Lipinski definition) is 1. The van der Waals surface area contributed by atoms with Gasteiger partial charge in [-0.3, -0.25) is 5.32 Å². The minimum atomic E-state index is -5.50. The highest BCUT2D eigenvalue weighted by Crippen LogP contribution is 2.53. The second-order valence-corrected chi connectivity index (χ2v) is 10.7. The molecule has 2 aromatic rings. The van der Waals surface area contributed by atoms with Gasteiger partial charge in [0.05, 0.1) is 11.1 Å². The van der Waals surface area contributed by atoms with Crippen LogP contribution in [0.2, 0.25) is 10.0 Å². The lowest BCUT2D eigenvalue weighted by molar-refractivity contribution is -0.202. The van der Waals surface area contributed by atoms with Gasteiger partial charge in [0.1, 0.15) is 23.1 Å². The van der Waals surface area contributed by atoms with Crippen LogP contribution in [0.15, 0.2) is 36.4 Å². The van der Waals surface area contributed by atoms with Gasteiger partial charge in [-0.2, -0.15) is 18.4 Å². The highest BCUT2D eigenvalue weighted by Gasteiger charge is 2.62. The minimum absolute atomic E-state index is 0.00936. The van der Waals surface area contributed by atoms with E-state index in [1.165, 1.54) is 30.3 Å². The van der Waals surface area contributed by atoms with E-state index in [1.54, 1.807) is 20.8 Å². The fourth-order valence-electron chi connectivity index (χ4n) is 4.75. The van der Waals surface area contributed by atoms with E-state index in [4.69, 9.17) is 23.2 Å². The molecule has 5 nitrogen and oxygen atoms in total. The Morgan fingerprint density at radius 1 is 1.14 bits per heavy atom. The van der Waals surface area contributed by atoms with Gasteiger partial charge in [-0.05, 0) is 35.6 Å². The molecule has 37 heavy (non-hydrogen) atoms. The molecule has 0 amide bonds. The maximum Gasteiger partial charge on any atom is 0.491 e. The average molecular weight is 563 g/mol. The van der Waals surface area contributed by atoms with Crippen molar-refractivity contribution < 1.29 is 36.3 Å². The maximum absolute atomic E-state index is 15.4. The van der Waals surface area contributed by atoms with Gasteiger partial charge in [-0.1, -0.05) is 62.2 Å². The lowest BCUT2D eigenvalue weighted by Crippen LogP contribution is -2.45. The summed E-state index contributed by atoms with van der Waals surface area (Å²) in [5, 5.41) is 12.9. The van der Waals surface area contributed by atoms with Crippen LogP contribution in [0.1, 0.15) is 44.2 Å². The van der Waals surface area contributed by atoms with Crippen molar-refractivity contribution in [3.8, 4) is 6.07 Å². The Labute approximate surface area is 219 Å². The van der Waals surface area contributed by atoms with Crippen LogP contribution < -0.4 is 5.32 Å². The van der Waals surface area contributed by atoms with E-state index in [1.807, 2.05) is 6.07 Å². The van der Waals surface area contributed by atoms with Crippen molar-refractivity contribution in [1.29, 1.82) is 5.26 Å². The van der Waals surface area contributed by atoms with Crippen LogP contribution in [-0.4, -0.2) is 30.2 Å². The molecule has 2 aromatic carbocycles. The molecule has 0 spiro atoms. The molecule has 1 fully saturated rings. The summed E-state index contributed by atoms with van der Waals surface area (Å²) in [7, 11) is 0. The molecule has 0 aliphatic carbocycles. The van der Waals surface area contributed by atoms with E-state index in [0.717, 1.165) is 6.07 Å². The molecular weight excluding hydrogens is 542 g/mol. The van der Waals surface area contributed by atoms with Crippen LogP contribution >= 0.6 is 23.2 Å². The van der Waals surface area contributed by atoms with Gasteiger partial charge in [0.25, 0.3) is 0 Å². The molecule has 1 aliphatic heterocycles. The molecule has 0 radical (unpaired) electrons. The van der Waals surface area contributed by atoms with E-state index in [-0.39, 0.29) is 22.6 Å². The van der Waals surface area contributed by atoms with E-state index in [9.17, 15) is 28.0 Å². The Morgan fingerprint density at radius 3 is 2.32 bits per heavy atom. The summed E-state index contributed by atoms with van der Waals surface area (Å²) >= 11 is 11.9. The summed E-state index contributed by atoms with van der Waals surface area (Å²) < 4.78 is 73.5. The van der Waals surface area contributed by atoms with Gasteiger partial charge in [-0.25, -0.2) is 18.4 Å². The van der Waals surface area contributed by atoms with Gasteiger partial charge in [0, 0.05) is 22.5 Å². The molecule has 0 unspecified atom stereocenters. The largest absolute Gasteiger partial charge is 0.491 e. The number of nitrogens with zero attached hydrogens (tertiary/aromatic N) is 1. The fraction of sp³-hybridized carbons (Fsp3) is 0.400. The predicted molar refractivity (Wildman–Crippen MR) is 125 cm³/mol. The van der Waals surface area contributed by atoms with Crippen LogP contribution in [0.5, 0.6) is 0 Å². The van der Waals surface area contributed by atoms with E-state index >= 15 is 8.78 Å². The molecule has 1 saturated heterocycles. The SMILES string of the molecule is CC(C)(C)C[C@@H]1N[C@@H](C(=O)OC(=O)C(F)(F)F)[C@H](c2cccc(Cl)c2F)[C@@]1(C#N)c1ccc(Cl)cc1F. The van der Waals surface area contributed by atoms with Crippen LogP contribution in [-0.2, 0) is 19.7 Å². The lowest BCUT2D eigenvalue weighted by atomic mass is 9.62. The lowest BCUT2D eigenvalue weighted by Gasteiger charge is -2.37. The highest BCUT2D eigenvalue weighted by molar-refractivity contribution is 6.31. The molecule has 1 heterocycles. The number of alkyl halides is 3. The van der Waals surface area contributed by atoms with Crippen molar-refractivity contribution in [3.05, 3.63) is 69.2 Å². The maximum atomic E-state index is 15.4. The third kappa shape index (κ3) is 5.59. The van der Waals surface area contributed by atoms with Crippen LogP contribution in [0, 0.1) is 28.4 Å². The zero-order valence-electron chi connectivity index (χ0n) is 19.7. The van der Waals surface area contributed by atoms with Gasteiger partial charge in [0.15, 0.2) is 0 Å². The van der Waals surface area contributed by atoms with Crippen molar-refractivity contribution in [3.63, 3.8) is 0 Å². The standard InChI is InChI=1S/C25H21Cl2F5N2O3/c1-23(2,3)10-17-24(11-33,14-8-7-12(26)9-16(14)28)18(13-5-4-6-15(27)19(13)29)20(34-17)21(35)37-22(36)25(30,31)32/h4-9,17-18,20,34H,10H2,1-3H3/t17-,18-,20+,24-/m0/s1. The molecule has 3 rings (SSSR count). The number of ether oxygens (including phenoxy) is 1. The molecule has 4 atom stereocenters. The molecule has 0 saturated carbocycles. The molecular formula is C25H21Cl2F5N2O3. The number of carbonyl (C=O) groups is 2. The topological polar surface area (TPSA) is 79.2 Å². The molecule has 1 aliphatic rings. The van der Waals surface area contributed by atoms with Crippen molar-refractivity contribution in [2.45, 2.75) is 56.8 Å². The van der Waals surface area contributed by atoms with Crippen LogP contribution in [0.25, 0.3) is 0 Å². The average Bonchev–Trinajstić information content (AvgIpc) is 3.08. The Kier molecular flexibility index (Phi) is 7.94. The van der Waals surface area contributed by atoms with Crippen molar-refractivity contribution in [2.75, 3.05) is 0 Å². The number of benzene rings is 2. The second kappa shape index (κ2) is 10.2. The van der Waals surface area contributed by atoms with Gasteiger partial charge in [0.2, 0.25) is 0 Å². The Hall–Kier alpha value is -2.74. The Morgan fingerprint density at radius 2 is 1.78 bits per heavy atom. The normalized spacial score (nSPS) is 24.0. The van der Waals surface area contributed by atoms with Gasteiger partial charge < -0.3 is 4.74 Å². The number of esters is 2. The van der Waals surface area contributed by atoms with Crippen molar-refractivity contribution >= 4 is 35.1 Å². The smallest absolute Gasteiger partial charge is 0.385 e. The number of nitrogens with one attached hydrogen (secondary N) is 1. The number of carbonyl (C=O) groups excluding carboxylic acids is 2. The first-order chi connectivity index (χ1) is 17.0. The first kappa shape index (κ1) is 28.8. The summed E-state index contributed by atoms with van der Waals surface area (Å²) in [6.45, 7) is 5.34. The first-order valence-electron chi connectivity index (χ1n) is 10.9. The van der Waals surface area contributed by atoms with Gasteiger partial charge >= 0.3 is 18.1 Å². The fourth-order valence-corrected chi connectivity index (χ4v) is 5.09. The predicted octanol–water partition coefficient (Wildman–Crippen LogP) is 6.23. The third-order valence-corrected chi connectivity index (χ3v) is 6.65. The molecule has 0 aromatic heterocycles. The summed E-state index contributed by atoms with van der Waals surface area (Å²) in [6.07, 6.45) is -5.41. The summed E-state index contributed by atoms with van der Waals surface area (Å²) in [4.78, 5) is 24.5. The van der Waals surface area contributed by atoms with Gasteiger partial charge in [-0.15, -0.1) is 0 Å². The summed E-state index contributed by atoms with van der Waals surface area (Å²) in [5.41, 5.74) is -3.27. The van der Waals surface area contributed by atoms with Crippen molar-refractivity contribution in [1.82, 2.24) is 5.32 Å². The van der Waals surface area contributed by atoms with E-state index < -0.39 is 63.6 Å². The Bertz CT molecular complexity index is 1270. The monoisotopic (exact) mass is 562 g/mol. The molecule has 0 bridgehead atoms. The molecule has 12 heteroatoms. The molecule has 1 N–H and O–H groups in total. The van der Waals surface area contributed by atoms with E-state index in [0.29, 0.717) is 0 Å². The quantitative estimate of drug-likeness (QED) is 0.271. The number of hydrogen-bond acceptors (Lipinski definition) is 5. The second-order valence-electron chi connectivity index (χ2n) is 9.89. The zero-order valence-corrected chi connectivity index (χ0v) is 21.2. The molecule has 198 valence electrons. The van der Waals surface area contributed by atoms with E-state index in [2.05, 4.69) is 10.1 Å². The summed E-state index contributed by atoms with van der Waals surface area (Å²) in [5.74, 6) is -8.18. The number of halogens is 7. The highest BCUT2D eigenvalue weighted by atomic mass is 35.5.